The summed E-state index contributed by atoms with van der Waals surface area (Å²) < 4.78 is 25.8. The molecule has 0 aliphatic carbocycles. The summed E-state index contributed by atoms with van der Waals surface area (Å²) in [5.74, 6) is 2.76. The highest BCUT2D eigenvalue weighted by molar-refractivity contribution is 7.20. The molecule has 0 N–H and O–H groups in total. The fraction of sp³-hybridized carbons (Fsp3) is 0.452. The van der Waals surface area contributed by atoms with Crippen LogP contribution in [0.5, 0.6) is 11.5 Å². The molecule has 2 saturated heterocycles. The lowest BCUT2D eigenvalue weighted by atomic mass is 9.88. The van der Waals surface area contributed by atoms with Crippen molar-refractivity contribution in [2.45, 2.75) is 57.4 Å². The highest BCUT2D eigenvalue weighted by Crippen LogP contribution is 2.44. The van der Waals surface area contributed by atoms with E-state index in [9.17, 15) is 4.79 Å². The van der Waals surface area contributed by atoms with Crippen LogP contribution in [0, 0.1) is 0 Å². The van der Waals surface area contributed by atoms with Crippen LogP contribution in [0.15, 0.2) is 42.6 Å². The summed E-state index contributed by atoms with van der Waals surface area (Å²) in [4.78, 5) is 25.7. The van der Waals surface area contributed by atoms with Crippen LogP contribution >= 0.6 is 22.9 Å². The van der Waals surface area contributed by atoms with Crippen LogP contribution in [-0.2, 0) is 22.6 Å². The maximum atomic E-state index is 12.3. The summed E-state index contributed by atoms with van der Waals surface area (Å²) in [6.45, 7) is 6.83. The SMILES string of the molecule is CCOC(=O)c1cc2c(nc(CN3CCC(c4cccc5c4OC[C@@H](c4ccc(Cl)cn4)O5)CC3)n2C[C@@H]2CCO2)s1. The first-order valence-electron chi connectivity index (χ1n) is 14.6. The van der Waals surface area contributed by atoms with Crippen molar-refractivity contribution in [3.8, 4) is 11.5 Å². The topological polar surface area (TPSA) is 87.9 Å². The van der Waals surface area contributed by atoms with E-state index in [1.54, 1.807) is 6.20 Å². The van der Waals surface area contributed by atoms with Crippen molar-refractivity contribution in [2.24, 2.45) is 0 Å². The zero-order valence-corrected chi connectivity index (χ0v) is 25.0. The smallest absolute Gasteiger partial charge is 0.348 e. The minimum atomic E-state index is -0.287. The molecule has 220 valence electrons. The molecule has 0 spiro atoms. The molecule has 3 aliphatic heterocycles. The van der Waals surface area contributed by atoms with E-state index in [1.807, 2.05) is 31.2 Å². The molecular weight excluding hydrogens is 576 g/mol. The van der Waals surface area contributed by atoms with Crippen molar-refractivity contribution in [2.75, 3.05) is 32.9 Å². The number of aromatic nitrogens is 3. The van der Waals surface area contributed by atoms with Crippen LogP contribution in [0.3, 0.4) is 0 Å². The lowest BCUT2D eigenvalue weighted by molar-refractivity contribution is -0.0592. The fourth-order valence-electron chi connectivity index (χ4n) is 5.99. The van der Waals surface area contributed by atoms with Crippen LogP contribution in [0.2, 0.25) is 5.02 Å². The number of carbonyl (C=O) groups is 1. The Morgan fingerprint density at radius 3 is 2.79 bits per heavy atom. The second kappa shape index (κ2) is 11.8. The summed E-state index contributed by atoms with van der Waals surface area (Å²) in [5, 5.41) is 0.601. The van der Waals surface area contributed by atoms with Gasteiger partial charge in [-0.3, -0.25) is 9.88 Å². The third-order valence-electron chi connectivity index (χ3n) is 8.31. The molecule has 0 bridgehead atoms. The lowest BCUT2D eigenvalue weighted by Gasteiger charge is -2.34. The molecule has 4 aromatic rings. The van der Waals surface area contributed by atoms with E-state index >= 15 is 0 Å². The van der Waals surface area contributed by atoms with E-state index < -0.39 is 0 Å². The molecular formula is C31H33ClN4O5S. The minimum Gasteiger partial charge on any atom is -0.485 e. The molecule has 0 saturated carbocycles. The molecule has 6 heterocycles. The summed E-state index contributed by atoms with van der Waals surface area (Å²) in [6, 6.07) is 11.8. The fourth-order valence-corrected chi connectivity index (χ4v) is 7.05. The van der Waals surface area contributed by atoms with Gasteiger partial charge in [-0.2, -0.15) is 0 Å². The largest absolute Gasteiger partial charge is 0.485 e. The Morgan fingerprint density at radius 1 is 1.19 bits per heavy atom. The number of halogens is 1. The Morgan fingerprint density at radius 2 is 2.05 bits per heavy atom. The predicted molar refractivity (Wildman–Crippen MR) is 160 cm³/mol. The monoisotopic (exact) mass is 608 g/mol. The molecule has 11 heteroatoms. The number of para-hydroxylation sites is 1. The molecule has 2 fully saturated rings. The second-order valence-corrected chi connectivity index (χ2v) is 12.5. The van der Waals surface area contributed by atoms with Crippen molar-refractivity contribution >= 4 is 39.3 Å². The summed E-state index contributed by atoms with van der Waals surface area (Å²) in [5.41, 5.74) is 3.01. The van der Waals surface area contributed by atoms with E-state index in [0.717, 1.165) is 85.4 Å². The number of hydrogen-bond donors (Lipinski definition) is 0. The van der Waals surface area contributed by atoms with Crippen LogP contribution < -0.4 is 9.47 Å². The number of imidazole rings is 1. The van der Waals surface area contributed by atoms with Crippen LogP contribution in [0.25, 0.3) is 10.3 Å². The number of thiophene rings is 1. The van der Waals surface area contributed by atoms with E-state index in [-0.39, 0.29) is 18.2 Å². The average Bonchev–Trinajstić information content (AvgIpc) is 3.53. The zero-order chi connectivity index (χ0) is 28.6. The Kier molecular flexibility index (Phi) is 7.79. The van der Waals surface area contributed by atoms with Gasteiger partial charge in [0, 0.05) is 18.4 Å². The number of ether oxygens (including phenoxy) is 4. The highest BCUT2D eigenvalue weighted by atomic mass is 35.5. The van der Waals surface area contributed by atoms with Gasteiger partial charge in [0.1, 0.15) is 22.1 Å². The third-order valence-corrected chi connectivity index (χ3v) is 9.53. The van der Waals surface area contributed by atoms with Gasteiger partial charge >= 0.3 is 5.97 Å². The number of likely N-dealkylation sites (tertiary alicyclic amines) is 1. The van der Waals surface area contributed by atoms with Crippen molar-refractivity contribution < 1.29 is 23.7 Å². The molecule has 0 unspecified atom stereocenters. The van der Waals surface area contributed by atoms with E-state index in [1.165, 1.54) is 16.9 Å². The zero-order valence-electron chi connectivity index (χ0n) is 23.5. The number of nitrogens with zero attached hydrogens (tertiary/aromatic N) is 4. The number of fused-ring (bicyclic) bond motifs is 2. The van der Waals surface area contributed by atoms with Crippen molar-refractivity contribution in [3.63, 3.8) is 0 Å². The summed E-state index contributed by atoms with van der Waals surface area (Å²) in [7, 11) is 0. The average molecular weight is 609 g/mol. The Labute approximate surface area is 253 Å². The standard InChI is InChI=1S/C31H33ClN4O5S/c1-2-38-31(37)27-14-24-30(42-27)34-28(36(24)16-21-10-13-39-21)17-35-11-8-19(9-12-35)22-4-3-5-25-29(22)40-18-26(41-25)23-7-6-20(32)15-33-23/h3-7,14-15,19,21,26H,2,8-13,16-18H2,1H3/t21-,26-/m0/s1. The molecule has 42 heavy (non-hydrogen) atoms. The Hall–Kier alpha value is -3.18. The van der Waals surface area contributed by atoms with Gasteiger partial charge in [0.25, 0.3) is 0 Å². The van der Waals surface area contributed by atoms with Crippen molar-refractivity contribution in [1.82, 2.24) is 19.4 Å². The number of piperidine rings is 1. The normalized spacial score (nSPS) is 20.9. The second-order valence-electron chi connectivity index (χ2n) is 11.0. The van der Waals surface area contributed by atoms with Crippen LogP contribution in [0.1, 0.15) is 65.0 Å². The Bertz CT molecular complexity index is 1580. The lowest BCUT2D eigenvalue weighted by Crippen LogP contribution is -2.35. The highest BCUT2D eigenvalue weighted by Gasteiger charge is 2.31. The Balaban J connectivity index is 1.03. The van der Waals surface area contributed by atoms with E-state index in [2.05, 4.69) is 26.6 Å². The van der Waals surface area contributed by atoms with Gasteiger partial charge in [-0.25, -0.2) is 9.78 Å². The molecule has 9 nitrogen and oxygen atoms in total. The molecule has 1 aromatic carbocycles. The van der Waals surface area contributed by atoms with Gasteiger partial charge in [-0.1, -0.05) is 23.7 Å². The number of carbonyl (C=O) groups excluding carboxylic acids is 1. The third kappa shape index (κ3) is 5.48. The maximum absolute atomic E-state index is 12.3. The van der Waals surface area contributed by atoms with Gasteiger partial charge in [0.05, 0.1) is 42.0 Å². The molecule has 7 rings (SSSR count). The first kappa shape index (κ1) is 27.6. The first-order chi connectivity index (χ1) is 20.6. The number of pyridine rings is 1. The number of hydrogen-bond acceptors (Lipinski definition) is 9. The molecule has 0 amide bonds. The molecule has 2 atom stereocenters. The summed E-state index contributed by atoms with van der Waals surface area (Å²) in [6.07, 6.45) is 4.66. The number of rotatable bonds is 8. The number of benzene rings is 1. The first-order valence-corrected chi connectivity index (χ1v) is 15.8. The maximum Gasteiger partial charge on any atom is 0.348 e. The van der Waals surface area contributed by atoms with Gasteiger partial charge in [-0.15, -0.1) is 11.3 Å². The molecule has 3 aliphatic rings. The van der Waals surface area contributed by atoms with E-state index in [0.29, 0.717) is 29.0 Å². The predicted octanol–water partition coefficient (Wildman–Crippen LogP) is 6.00. The van der Waals surface area contributed by atoms with Crippen molar-refractivity contribution in [3.05, 3.63) is 69.6 Å². The van der Waals surface area contributed by atoms with Gasteiger partial charge < -0.3 is 23.5 Å². The molecule has 3 aromatic heterocycles. The van der Waals surface area contributed by atoms with Crippen molar-refractivity contribution in [1.29, 1.82) is 0 Å². The molecule has 0 radical (unpaired) electrons. The van der Waals surface area contributed by atoms with Gasteiger partial charge in [0.2, 0.25) is 0 Å². The number of esters is 1. The van der Waals surface area contributed by atoms with Crippen LogP contribution in [-0.4, -0.2) is 64.4 Å². The van der Waals surface area contributed by atoms with Crippen LogP contribution in [0.4, 0.5) is 0 Å². The minimum absolute atomic E-state index is 0.194. The van der Waals surface area contributed by atoms with E-state index in [4.69, 9.17) is 35.5 Å². The van der Waals surface area contributed by atoms with Gasteiger partial charge in [-0.05, 0) is 69.5 Å². The quantitative estimate of drug-likeness (QED) is 0.225. The summed E-state index contributed by atoms with van der Waals surface area (Å²) >= 11 is 7.41. The van der Waals surface area contributed by atoms with Gasteiger partial charge in [0.15, 0.2) is 17.6 Å².